The molecule has 1 heterocycles. The van der Waals surface area contributed by atoms with Gasteiger partial charge in [-0.3, -0.25) is 4.99 Å². The van der Waals surface area contributed by atoms with Crippen molar-refractivity contribution in [3.63, 3.8) is 0 Å². The van der Waals surface area contributed by atoms with Crippen molar-refractivity contribution in [2.24, 2.45) is 4.99 Å². The van der Waals surface area contributed by atoms with E-state index in [1.165, 1.54) is 57.1 Å². The molecule has 80 valence electrons. The maximum absolute atomic E-state index is 4.60. The molecule has 1 nitrogen and oxygen atoms in total. The Labute approximate surface area is 93.1 Å². The molecule has 0 amide bonds. The normalized spacial score (nSPS) is 22.0. The van der Waals surface area contributed by atoms with Gasteiger partial charge in [-0.15, -0.1) is 12.4 Å². The minimum atomic E-state index is 0. The number of hydrogen-bond acceptors (Lipinski definition) is 1. The van der Waals surface area contributed by atoms with Crippen molar-refractivity contribution in [2.45, 2.75) is 51.4 Å². The van der Waals surface area contributed by atoms with E-state index in [9.17, 15) is 0 Å². The Morgan fingerprint density at radius 3 is 2.57 bits per heavy atom. The van der Waals surface area contributed by atoms with Crippen LogP contribution in [-0.2, 0) is 0 Å². The van der Waals surface area contributed by atoms with Gasteiger partial charge in [0.1, 0.15) is 0 Å². The van der Waals surface area contributed by atoms with Gasteiger partial charge in [0.2, 0.25) is 0 Å². The summed E-state index contributed by atoms with van der Waals surface area (Å²) in [6.45, 7) is 1.09. The zero-order valence-electron chi connectivity index (χ0n) is 8.80. The first-order valence-electron chi connectivity index (χ1n) is 5.65. The first-order valence-corrected chi connectivity index (χ1v) is 5.65. The molecule has 0 bridgehead atoms. The van der Waals surface area contributed by atoms with Gasteiger partial charge in [-0.05, 0) is 44.9 Å². The quantitative estimate of drug-likeness (QED) is 0.617. The lowest BCUT2D eigenvalue weighted by atomic mass is 9.93. The molecule has 1 aliphatic carbocycles. The second-order valence-corrected chi connectivity index (χ2v) is 4.19. The Bertz CT molecular complexity index is 206. The summed E-state index contributed by atoms with van der Waals surface area (Å²) in [6, 6.07) is 0. The fraction of sp³-hybridized carbons (Fsp3) is 0.750. The van der Waals surface area contributed by atoms with Crippen molar-refractivity contribution in [3.05, 3.63) is 11.6 Å². The van der Waals surface area contributed by atoms with Crippen LogP contribution in [0, 0.1) is 0 Å². The summed E-state index contributed by atoms with van der Waals surface area (Å²) in [4.78, 5) is 4.60. The van der Waals surface area contributed by atoms with Crippen molar-refractivity contribution in [2.75, 3.05) is 6.54 Å². The molecule has 0 aromatic rings. The molecule has 0 N–H and O–H groups in total. The summed E-state index contributed by atoms with van der Waals surface area (Å²) in [6.07, 6.45) is 13.0. The van der Waals surface area contributed by atoms with E-state index in [0.717, 1.165) is 6.54 Å². The SMILES string of the molecule is C1=C(CC2=NCCCC2)CCCC1.Cl. The first kappa shape index (κ1) is 11.8. The summed E-state index contributed by atoms with van der Waals surface area (Å²) in [5.41, 5.74) is 3.13. The summed E-state index contributed by atoms with van der Waals surface area (Å²) < 4.78 is 0. The van der Waals surface area contributed by atoms with Crippen molar-refractivity contribution in [3.8, 4) is 0 Å². The van der Waals surface area contributed by atoms with Crippen LogP contribution in [0.4, 0.5) is 0 Å². The highest BCUT2D eigenvalue weighted by Crippen LogP contribution is 2.22. The van der Waals surface area contributed by atoms with Crippen LogP contribution in [0.2, 0.25) is 0 Å². The minimum absolute atomic E-state index is 0. The molecule has 0 atom stereocenters. The molecular weight excluding hydrogens is 194 g/mol. The van der Waals surface area contributed by atoms with E-state index in [0.29, 0.717) is 0 Å². The van der Waals surface area contributed by atoms with Gasteiger partial charge in [0.05, 0.1) is 0 Å². The second-order valence-electron chi connectivity index (χ2n) is 4.19. The van der Waals surface area contributed by atoms with Gasteiger partial charge in [-0.2, -0.15) is 0 Å². The molecule has 0 radical (unpaired) electrons. The topological polar surface area (TPSA) is 12.4 Å². The molecule has 0 saturated carbocycles. The molecule has 0 fully saturated rings. The Morgan fingerprint density at radius 1 is 1.07 bits per heavy atom. The van der Waals surface area contributed by atoms with Gasteiger partial charge in [0, 0.05) is 18.7 Å². The van der Waals surface area contributed by atoms with Crippen LogP contribution in [0.3, 0.4) is 0 Å². The first-order chi connectivity index (χ1) is 6.45. The molecule has 0 spiro atoms. The maximum Gasteiger partial charge on any atom is 0.0388 e. The van der Waals surface area contributed by atoms with Gasteiger partial charge in [-0.25, -0.2) is 0 Å². The molecule has 2 rings (SSSR count). The third kappa shape index (κ3) is 3.45. The van der Waals surface area contributed by atoms with E-state index in [2.05, 4.69) is 11.1 Å². The molecule has 2 heteroatoms. The van der Waals surface area contributed by atoms with Gasteiger partial charge in [0.15, 0.2) is 0 Å². The molecule has 1 aliphatic heterocycles. The largest absolute Gasteiger partial charge is 0.294 e. The predicted molar refractivity (Wildman–Crippen MR) is 64.6 cm³/mol. The van der Waals surface area contributed by atoms with Gasteiger partial charge in [-0.1, -0.05) is 11.6 Å². The summed E-state index contributed by atoms with van der Waals surface area (Å²) in [7, 11) is 0. The minimum Gasteiger partial charge on any atom is -0.294 e. The van der Waals surface area contributed by atoms with Crippen LogP contribution in [0.1, 0.15) is 51.4 Å². The number of rotatable bonds is 2. The molecule has 0 aromatic carbocycles. The monoisotopic (exact) mass is 213 g/mol. The molecule has 0 saturated heterocycles. The van der Waals surface area contributed by atoms with Crippen LogP contribution < -0.4 is 0 Å². The smallest absolute Gasteiger partial charge is 0.0388 e. The van der Waals surface area contributed by atoms with E-state index in [1.807, 2.05) is 0 Å². The zero-order valence-corrected chi connectivity index (χ0v) is 9.61. The van der Waals surface area contributed by atoms with E-state index in [-0.39, 0.29) is 12.4 Å². The highest BCUT2D eigenvalue weighted by molar-refractivity contribution is 5.87. The number of halogens is 1. The average Bonchev–Trinajstić information content (AvgIpc) is 2.21. The fourth-order valence-corrected chi connectivity index (χ4v) is 2.23. The highest BCUT2D eigenvalue weighted by atomic mass is 35.5. The van der Waals surface area contributed by atoms with Crippen molar-refractivity contribution in [1.29, 1.82) is 0 Å². The molecule has 2 aliphatic rings. The van der Waals surface area contributed by atoms with Crippen LogP contribution in [0.5, 0.6) is 0 Å². The number of allylic oxidation sites excluding steroid dienone is 2. The predicted octanol–water partition coefficient (Wildman–Crippen LogP) is 3.92. The van der Waals surface area contributed by atoms with Crippen LogP contribution in [0.15, 0.2) is 16.6 Å². The molecule has 14 heavy (non-hydrogen) atoms. The maximum atomic E-state index is 4.60. The number of aliphatic imine (C=N–C) groups is 1. The van der Waals surface area contributed by atoms with Crippen molar-refractivity contribution < 1.29 is 0 Å². The second kappa shape index (κ2) is 6.23. The lowest BCUT2D eigenvalue weighted by molar-refractivity contribution is 0.684. The van der Waals surface area contributed by atoms with Gasteiger partial charge >= 0.3 is 0 Å². The molecular formula is C12H20ClN. The Morgan fingerprint density at radius 2 is 1.93 bits per heavy atom. The Hall–Kier alpha value is -0.300. The van der Waals surface area contributed by atoms with Gasteiger partial charge < -0.3 is 0 Å². The lowest BCUT2D eigenvalue weighted by Gasteiger charge is -2.16. The average molecular weight is 214 g/mol. The van der Waals surface area contributed by atoms with E-state index < -0.39 is 0 Å². The van der Waals surface area contributed by atoms with Crippen LogP contribution in [-0.4, -0.2) is 12.3 Å². The lowest BCUT2D eigenvalue weighted by Crippen LogP contribution is -2.08. The summed E-state index contributed by atoms with van der Waals surface area (Å²) in [5, 5.41) is 0. The molecule has 0 aromatic heterocycles. The van der Waals surface area contributed by atoms with E-state index in [4.69, 9.17) is 0 Å². The highest BCUT2D eigenvalue weighted by Gasteiger charge is 2.09. The number of hydrogen-bond donors (Lipinski definition) is 0. The van der Waals surface area contributed by atoms with Crippen LogP contribution >= 0.6 is 12.4 Å². The Kier molecular flexibility index (Phi) is 5.24. The third-order valence-corrected chi connectivity index (χ3v) is 3.03. The zero-order chi connectivity index (χ0) is 8.93. The molecule has 0 unspecified atom stereocenters. The van der Waals surface area contributed by atoms with E-state index >= 15 is 0 Å². The van der Waals surface area contributed by atoms with Crippen molar-refractivity contribution in [1.82, 2.24) is 0 Å². The Balaban J connectivity index is 0.000000980. The van der Waals surface area contributed by atoms with Crippen molar-refractivity contribution >= 4 is 18.1 Å². The standard InChI is InChI=1S/C12H19N.ClH/c1-2-6-11(7-3-1)10-12-8-4-5-9-13-12;/h6H,1-5,7-10H2;1H. The summed E-state index contributed by atoms with van der Waals surface area (Å²) in [5.74, 6) is 0. The third-order valence-electron chi connectivity index (χ3n) is 3.03. The summed E-state index contributed by atoms with van der Waals surface area (Å²) >= 11 is 0. The number of nitrogens with zero attached hydrogens (tertiary/aromatic N) is 1. The van der Waals surface area contributed by atoms with Crippen LogP contribution in [0.25, 0.3) is 0 Å². The van der Waals surface area contributed by atoms with Gasteiger partial charge in [0.25, 0.3) is 0 Å². The van der Waals surface area contributed by atoms with E-state index in [1.54, 1.807) is 5.57 Å². The fourth-order valence-electron chi connectivity index (χ4n) is 2.23.